The molecule has 1 aliphatic heterocycles. The lowest BCUT2D eigenvalue weighted by Gasteiger charge is -2.29. The van der Waals surface area contributed by atoms with Gasteiger partial charge in [0.1, 0.15) is 16.8 Å². The monoisotopic (exact) mass is 387 g/mol. The summed E-state index contributed by atoms with van der Waals surface area (Å²) in [5.74, 6) is -0.350. The Morgan fingerprint density at radius 1 is 1.26 bits per heavy atom. The summed E-state index contributed by atoms with van der Waals surface area (Å²) in [6.07, 6.45) is 0.0601. The zero-order valence-corrected chi connectivity index (χ0v) is 15.6. The standard InChI is InChI=1S/C19H18FN3O3S/c1-23-17(24)11-16(18(25)22-14-5-3-4-6-15(14)26-2)27-19(23)21-13-9-7-12(20)8-10-13/h3-10,16H,11H2,1-2H3,(H,22,25). The number of para-hydroxylation sites is 2. The molecule has 0 saturated carbocycles. The summed E-state index contributed by atoms with van der Waals surface area (Å²) < 4.78 is 18.3. The number of carbonyl (C=O) groups is 2. The van der Waals surface area contributed by atoms with Gasteiger partial charge < -0.3 is 10.1 Å². The van der Waals surface area contributed by atoms with Gasteiger partial charge in [0.15, 0.2) is 5.17 Å². The zero-order chi connectivity index (χ0) is 19.4. The van der Waals surface area contributed by atoms with Gasteiger partial charge >= 0.3 is 0 Å². The Bertz CT molecular complexity index is 886. The number of aliphatic imine (C=N–C) groups is 1. The Balaban J connectivity index is 1.79. The second-order valence-corrected chi connectivity index (χ2v) is 6.99. The van der Waals surface area contributed by atoms with E-state index in [1.54, 1.807) is 31.3 Å². The molecule has 0 spiro atoms. The molecular weight excluding hydrogens is 369 g/mol. The maximum atomic E-state index is 13.1. The van der Waals surface area contributed by atoms with Gasteiger partial charge in [-0.2, -0.15) is 0 Å². The van der Waals surface area contributed by atoms with Crippen molar-refractivity contribution < 1.29 is 18.7 Å². The first-order valence-corrected chi connectivity index (χ1v) is 9.07. The highest BCUT2D eigenvalue weighted by atomic mass is 32.2. The maximum absolute atomic E-state index is 13.1. The van der Waals surface area contributed by atoms with Gasteiger partial charge in [-0.15, -0.1) is 0 Å². The summed E-state index contributed by atoms with van der Waals surface area (Å²) in [6.45, 7) is 0. The van der Waals surface area contributed by atoms with E-state index in [0.717, 1.165) is 0 Å². The van der Waals surface area contributed by atoms with E-state index >= 15 is 0 Å². The molecule has 140 valence electrons. The van der Waals surface area contributed by atoms with Gasteiger partial charge in [0.25, 0.3) is 0 Å². The Hall–Kier alpha value is -2.87. The van der Waals surface area contributed by atoms with Crippen molar-refractivity contribution in [2.24, 2.45) is 4.99 Å². The molecule has 1 aliphatic rings. The number of methoxy groups -OCH3 is 1. The van der Waals surface area contributed by atoms with Crippen molar-refractivity contribution in [3.05, 3.63) is 54.3 Å². The summed E-state index contributed by atoms with van der Waals surface area (Å²) in [5, 5.41) is 2.56. The van der Waals surface area contributed by atoms with Crippen LogP contribution in [0.5, 0.6) is 5.75 Å². The van der Waals surface area contributed by atoms with Gasteiger partial charge in [0.2, 0.25) is 11.8 Å². The predicted molar refractivity (Wildman–Crippen MR) is 104 cm³/mol. The van der Waals surface area contributed by atoms with Gasteiger partial charge in [-0.05, 0) is 36.4 Å². The molecule has 1 atom stereocenters. The van der Waals surface area contributed by atoms with Crippen LogP contribution in [-0.4, -0.2) is 41.3 Å². The van der Waals surface area contributed by atoms with Crippen molar-refractivity contribution in [1.82, 2.24) is 4.90 Å². The van der Waals surface area contributed by atoms with Crippen LogP contribution in [-0.2, 0) is 9.59 Å². The second kappa shape index (κ2) is 8.22. The van der Waals surface area contributed by atoms with Crippen LogP contribution >= 0.6 is 11.8 Å². The number of carbonyl (C=O) groups excluding carboxylic acids is 2. The van der Waals surface area contributed by atoms with Crippen LogP contribution in [0.2, 0.25) is 0 Å². The van der Waals surface area contributed by atoms with Crippen molar-refractivity contribution in [3.63, 3.8) is 0 Å². The van der Waals surface area contributed by atoms with Gasteiger partial charge in [0, 0.05) is 13.5 Å². The van der Waals surface area contributed by atoms with Crippen LogP contribution < -0.4 is 10.1 Å². The number of rotatable bonds is 4. The number of amidine groups is 1. The third-order valence-electron chi connectivity index (χ3n) is 3.98. The van der Waals surface area contributed by atoms with E-state index in [2.05, 4.69) is 10.3 Å². The van der Waals surface area contributed by atoms with E-state index in [4.69, 9.17) is 4.74 Å². The molecule has 1 unspecified atom stereocenters. The summed E-state index contributed by atoms with van der Waals surface area (Å²) in [6, 6.07) is 12.7. The second-order valence-electron chi connectivity index (χ2n) is 5.82. The SMILES string of the molecule is COc1ccccc1NC(=O)C1CC(=O)N(C)C(=Nc2ccc(F)cc2)S1. The predicted octanol–water partition coefficient (Wildman–Crippen LogP) is 3.42. The third kappa shape index (κ3) is 4.46. The lowest BCUT2D eigenvalue weighted by molar-refractivity contribution is -0.128. The number of ether oxygens (including phenoxy) is 1. The van der Waals surface area contributed by atoms with Gasteiger partial charge in [0.05, 0.1) is 18.5 Å². The van der Waals surface area contributed by atoms with Crippen molar-refractivity contribution in [3.8, 4) is 5.75 Å². The van der Waals surface area contributed by atoms with Crippen molar-refractivity contribution in [2.45, 2.75) is 11.7 Å². The lowest BCUT2D eigenvalue weighted by atomic mass is 10.2. The minimum atomic E-state index is -0.627. The summed E-state index contributed by atoms with van der Waals surface area (Å²) in [7, 11) is 3.12. The van der Waals surface area contributed by atoms with Crippen LogP contribution in [0.3, 0.4) is 0 Å². The average Bonchev–Trinajstić information content (AvgIpc) is 2.67. The molecule has 3 rings (SSSR count). The molecule has 0 aromatic heterocycles. The summed E-state index contributed by atoms with van der Waals surface area (Å²) in [5.41, 5.74) is 1.04. The summed E-state index contributed by atoms with van der Waals surface area (Å²) in [4.78, 5) is 30.8. The van der Waals surface area contributed by atoms with Crippen LogP contribution in [0.1, 0.15) is 6.42 Å². The maximum Gasteiger partial charge on any atom is 0.238 e. The average molecular weight is 387 g/mol. The lowest BCUT2D eigenvalue weighted by Crippen LogP contribution is -2.43. The zero-order valence-electron chi connectivity index (χ0n) is 14.8. The van der Waals surface area contributed by atoms with Crippen LogP contribution in [0.4, 0.5) is 15.8 Å². The van der Waals surface area contributed by atoms with E-state index in [9.17, 15) is 14.0 Å². The minimum absolute atomic E-state index is 0.0601. The topological polar surface area (TPSA) is 71.0 Å². The third-order valence-corrected chi connectivity index (χ3v) is 5.22. The van der Waals surface area contributed by atoms with Crippen LogP contribution in [0.25, 0.3) is 0 Å². The van der Waals surface area contributed by atoms with Gasteiger partial charge in [-0.25, -0.2) is 9.38 Å². The van der Waals surface area contributed by atoms with Crippen LogP contribution in [0.15, 0.2) is 53.5 Å². The van der Waals surface area contributed by atoms with Crippen LogP contribution in [0, 0.1) is 5.82 Å². The fourth-order valence-electron chi connectivity index (χ4n) is 2.48. The number of hydrogen-bond acceptors (Lipinski definition) is 5. The van der Waals surface area contributed by atoms with E-state index in [1.165, 1.54) is 48.0 Å². The van der Waals surface area contributed by atoms with Gasteiger partial charge in [-0.1, -0.05) is 23.9 Å². The molecule has 0 radical (unpaired) electrons. The Morgan fingerprint density at radius 2 is 1.96 bits per heavy atom. The molecule has 1 N–H and O–H groups in total. The fourth-order valence-corrected chi connectivity index (χ4v) is 3.55. The smallest absolute Gasteiger partial charge is 0.238 e. The fraction of sp³-hybridized carbons (Fsp3) is 0.211. The number of anilines is 1. The van der Waals surface area contributed by atoms with E-state index in [1.807, 2.05) is 0 Å². The molecule has 2 aromatic carbocycles. The highest BCUT2D eigenvalue weighted by molar-refractivity contribution is 8.15. The quantitative estimate of drug-likeness (QED) is 0.873. The molecule has 8 heteroatoms. The molecule has 0 bridgehead atoms. The Kier molecular flexibility index (Phi) is 5.75. The first-order valence-electron chi connectivity index (χ1n) is 8.19. The molecular formula is C19H18FN3O3S. The molecule has 6 nitrogen and oxygen atoms in total. The van der Waals surface area contributed by atoms with E-state index in [0.29, 0.717) is 22.3 Å². The number of thioether (sulfide) groups is 1. The van der Waals surface area contributed by atoms with E-state index < -0.39 is 5.25 Å². The Morgan fingerprint density at radius 3 is 2.67 bits per heavy atom. The molecule has 27 heavy (non-hydrogen) atoms. The normalized spacial score (nSPS) is 18.5. The molecule has 1 saturated heterocycles. The summed E-state index contributed by atoms with van der Waals surface area (Å²) >= 11 is 1.19. The molecule has 2 aromatic rings. The number of amides is 2. The number of benzene rings is 2. The van der Waals surface area contributed by atoms with Crippen molar-refractivity contribution in [1.29, 1.82) is 0 Å². The molecule has 1 heterocycles. The number of halogens is 1. The van der Waals surface area contributed by atoms with Crippen molar-refractivity contribution >= 4 is 40.1 Å². The highest BCUT2D eigenvalue weighted by Crippen LogP contribution is 2.30. The first kappa shape index (κ1) is 18.9. The highest BCUT2D eigenvalue weighted by Gasteiger charge is 2.34. The number of nitrogens with one attached hydrogen (secondary N) is 1. The van der Waals surface area contributed by atoms with Crippen molar-refractivity contribution in [2.75, 3.05) is 19.5 Å². The molecule has 1 fully saturated rings. The first-order chi connectivity index (χ1) is 13.0. The van der Waals surface area contributed by atoms with Gasteiger partial charge in [-0.3, -0.25) is 14.5 Å². The largest absolute Gasteiger partial charge is 0.495 e. The number of hydrogen-bond donors (Lipinski definition) is 1. The minimum Gasteiger partial charge on any atom is -0.495 e. The molecule has 0 aliphatic carbocycles. The number of nitrogens with zero attached hydrogens (tertiary/aromatic N) is 2. The molecule has 2 amide bonds. The Labute approximate surface area is 160 Å². The van der Waals surface area contributed by atoms with E-state index in [-0.39, 0.29) is 24.1 Å².